The molecule has 0 spiro atoms. The number of carboxylic acids is 2. The number of aliphatic carboxylic acids is 2. The van der Waals surface area contributed by atoms with Crippen molar-refractivity contribution in [1.29, 1.82) is 0 Å². The maximum absolute atomic E-state index is 11.6. The molecule has 1 rings (SSSR count). The molecule has 1 amide bonds. The summed E-state index contributed by atoms with van der Waals surface area (Å²) in [6, 6.07) is 0. The highest BCUT2D eigenvalue weighted by Gasteiger charge is 2.42. The van der Waals surface area contributed by atoms with Crippen LogP contribution in [-0.2, 0) is 14.4 Å². The minimum Gasteiger partial charge on any atom is -0.481 e. The van der Waals surface area contributed by atoms with Gasteiger partial charge in [0.1, 0.15) is 0 Å². The molecule has 1 saturated carbocycles. The number of carboxylic acid groups (broad SMARTS) is 2. The van der Waals surface area contributed by atoms with Crippen molar-refractivity contribution >= 4 is 17.8 Å². The van der Waals surface area contributed by atoms with E-state index in [2.05, 4.69) is 5.32 Å². The van der Waals surface area contributed by atoms with Gasteiger partial charge in [0.2, 0.25) is 5.91 Å². The van der Waals surface area contributed by atoms with E-state index in [1.165, 1.54) is 0 Å². The molecule has 0 heterocycles. The van der Waals surface area contributed by atoms with E-state index in [1.54, 1.807) is 0 Å². The van der Waals surface area contributed by atoms with Gasteiger partial charge in [-0.1, -0.05) is 12.8 Å². The molecule has 1 aliphatic carbocycles. The molecule has 6 heteroatoms. The molecule has 0 aromatic rings. The Kier molecular flexibility index (Phi) is 5.12. The highest BCUT2D eigenvalue weighted by atomic mass is 16.4. The molecule has 0 aliphatic heterocycles. The van der Waals surface area contributed by atoms with E-state index in [0.717, 1.165) is 12.8 Å². The lowest BCUT2D eigenvalue weighted by Crippen LogP contribution is -2.36. The number of hydrogen-bond donors (Lipinski definition) is 3. The normalized spacial score (nSPS) is 17.3. The molecule has 102 valence electrons. The molecule has 3 N–H and O–H groups in total. The molecule has 0 unspecified atom stereocenters. The Morgan fingerprint density at radius 1 is 1.11 bits per heavy atom. The first-order valence-corrected chi connectivity index (χ1v) is 6.18. The van der Waals surface area contributed by atoms with Gasteiger partial charge in [-0.2, -0.15) is 0 Å². The van der Waals surface area contributed by atoms with Crippen molar-refractivity contribution in [1.82, 2.24) is 5.32 Å². The smallest absolute Gasteiger partial charge is 0.310 e. The third-order valence-corrected chi connectivity index (χ3v) is 3.40. The van der Waals surface area contributed by atoms with Crippen molar-refractivity contribution in [3.05, 3.63) is 0 Å². The van der Waals surface area contributed by atoms with Gasteiger partial charge in [0.15, 0.2) is 0 Å². The zero-order valence-electron chi connectivity index (χ0n) is 10.3. The van der Waals surface area contributed by atoms with E-state index in [0.29, 0.717) is 19.3 Å². The minimum atomic E-state index is -0.906. The van der Waals surface area contributed by atoms with Crippen LogP contribution >= 0.6 is 0 Å². The molecule has 0 saturated heterocycles. The standard InChI is InChI=1S/C12H19NO5/c14-9(13-7-3-4-10(15)16)8-12(11(17)18)5-1-2-6-12/h1-8H2,(H,13,14)(H,15,16)(H,17,18). The third kappa shape index (κ3) is 4.01. The largest absolute Gasteiger partial charge is 0.481 e. The lowest BCUT2D eigenvalue weighted by Gasteiger charge is -2.22. The fraction of sp³-hybridized carbons (Fsp3) is 0.750. The van der Waals surface area contributed by atoms with Gasteiger partial charge < -0.3 is 15.5 Å². The zero-order chi connectivity index (χ0) is 13.6. The summed E-state index contributed by atoms with van der Waals surface area (Å²) in [4.78, 5) is 33.1. The number of hydrogen-bond acceptors (Lipinski definition) is 3. The van der Waals surface area contributed by atoms with Crippen LogP contribution in [0.2, 0.25) is 0 Å². The highest BCUT2D eigenvalue weighted by Crippen LogP contribution is 2.41. The van der Waals surface area contributed by atoms with Crippen LogP contribution in [0.1, 0.15) is 44.9 Å². The summed E-state index contributed by atoms with van der Waals surface area (Å²) in [5.41, 5.74) is -0.906. The summed E-state index contributed by atoms with van der Waals surface area (Å²) in [5, 5.41) is 20.2. The zero-order valence-corrected chi connectivity index (χ0v) is 10.3. The number of rotatable bonds is 7. The van der Waals surface area contributed by atoms with Crippen LogP contribution < -0.4 is 5.32 Å². The minimum absolute atomic E-state index is 0.00432. The molecule has 0 radical (unpaired) electrons. The molecular formula is C12H19NO5. The van der Waals surface area contributed by atoms with E-state index in [4.69, 9.17) is 5.11 Å². The van der Waals surface area contributed by atoms with Gasteiger partial charge in [-0.15, -0.1) is 0 Å². The summed E-state index contributed by atoms with van der Waals surface area (Å²) in [6.07, 6.45) is 3.15. The van der Waals surface area contributed by atoms with E-state index in [1.807, 2.05) is 0 Å². The second-order valence-corrected chi connectivity index (χ2v) is 4.82. The van der Waals surface area contributed by atoms with Gasteiger partial charge in [-0.25, -0.2) is 0 Å². The molecule has 1 fully saturated rings. The van der Waals surface area contributed by atoms with E-state index >= 15 is 0 Å². The fourth-order valence-electron chi connectivity index (χ4n) is 2.36. The Balaban J connectivity index is 2.34. The van der Waals surface area contributed by atoms with Crippen molar-refractivity contribution < 1.29 is 24.6 Å². The molecule has 0 aromatic carbocycles. The van der Waals surface area contributed by atoms with Gasteiger partial charge in [0.05, 0.1) is 5.41 Å². The van der Waals surface area contributed by atoms with Crippen LogP contribution in [0.5, 0.6) is 0 Å². The maximum atomic E-state index is 11.6. The Hall–Kier alpha value is -1.59. The Morgan fingerprint density at radius 3 is 2.22 bits per heavy atom. The summed E-state index contributed by atoms with van der Waals surface area (Å²) in [5.74, 6) is -2.10. The number of carbonyl (C=O) groups excluding carboxylic acids is 1. The molecule has 0 atom stereocenters. The van der Waals surface area contributed by atoms with Gasteiger partial charge in [0.25, 0.3) is 0 Å². The van der Waals surface area contributed by atoms with E-state index < -0.39 is 17.4 Å². The molecule has 6 nitrogen and oxygen atoms in total. The van der Waals surface area contributed by atoms with Crippen molar-refractivity contribution in [2.45, 2.75) is 44.9 Å². The Morgan fingerprint density at radius 2 is 1.72 bits per heavy atom. The molecule has 0 aromatic heterocycles. The number of nitrogens with one attached hydrogen (secondary N) is 1. The molecular weight excluding hydrogens is 238 g/mol. The third-order valence-electron chi connectivity index (χ3n) is 3.40. The van der Waals surface area contributed by atoms with Crippen molar-refractivity contribution in [2.75, 3.05) is 6.54 Å². The lowest BCUT2D eigenvalue weighted by atomic mass is 9.82. The van der Waals surface area contributed by atoms with Crippen LogP contribution in [-0.4, -0.2) is 34.6 Å². The summed E-state index contributed by atoms with van der Waals surface area (Å²) in [6.45, 7) is 0.279. The van der Waals surface area contributed by atoms with Gasteiger partial charge in [-0.3, -0.25) is 14.4 Å². The average Bonchev–Trinajstić information content (AvgIpc) is 2.74. The van der Waals surface area contributed by atoms with Crippen molar-refractivity contribution in [3.63, 3.8) is 0 Å². The second-order valence-electron chi connectivity index (χ2n) is 4.82. The predicted octanol–water partition coefficient (Wildman–Crippen LogP) is 1.00. The van der Waals surface area contributed by atoms with Crippen LogP contribution in [0, 0.1) is 5.41 Å². The average molecular weight is 257 g/mol. The summed E-state index contributed by atoms with van der Waals surface area (Å²) >= 11 is 0. The molecule has 0 bridgehead atoms. The fourth-order valence-corrected chi connectivity index (χ4v) is 2.36. The molecule has 1 aliphatic rings. The van der Waals surface area contributed by atoms with E-state index in [-0.39, 0.29) is 25.3 Å². The Labute approximate surface area is 105 Å². The monoisotopic (exact) mass is 257 g/mol. The first-order chi connectivity index (χ1) is 8.46. The predicted molar refractivity (Wildman–Crippen MR) is 63.0 cm³/mol. The van der Waals surface area contributed by atoms with Gasteiger partial charge in [0, 0.05) is 19.4 Å². The SMILES string of the molecule is O=C(O)CCCNC(=O)CC1(C(=O)O)CCCC1. The van der Waals surface area contributed by atoms with Crippen molar-refractivity contribution in [3.8, 4) is 0 Å². The second kappa shape index (κ2) is 6.37. The van der Waals surface area contributed by atoms with Crippen LogP contribution in [0.15, 0.2) is 0 Å². The Bertz CT molecular complexity index is 333. The van der Waals surface area contributed by atoms with Gasteiger partial charge >= 0.3 is 11.9 Å². The highest BCUT2D eigenvalue weighted by molar-refractivity contribution is 5.85. The number of amides is 1. The topological polar surface area (TPSA) is 104 Å². The van der Waals surface area contributed by atoms with Crippen molar-refractivity contribution in [2.24, 2.45) is 5.41 Å². The molecule has 18 heavy (non-hydrogen) atoms. The first-order valence-electron chi connectivity index (χ1n) is 6.18. The van der Waals surface area contributed by atoms with Crippen LogP contribution in [0.25, 0.3) is 0 Å². The summed E-state index contributed by atoms with van der Waals surface area (Å²) in [7, 11) is 0. The van der Waals surface area contributed by atoms with Crippen LogP contribution in [0.4, 0.5) is 0 Å². The van der Waals surface area contributed by atoms with Gasteiger partial charge in [-0.05, 0) is 19.3 Å². The van der Waals surface area contributed by atoms with E-state index in [9.17, 15) is 19.5 Å². The van der Waals surface area contributed by atoms with Crippen LogP contribution in [0.3, 0.4) is 0 Å². The first kappa shape index (κ1) is 14.5. The quantitative estimate of drug-likeness (QED) is 0.590. The summed E-state index contributed by atoms with van der Waals surface area (Å²) < 4.78 is 0. The maximum Gasteiger partial charge on any atom is 0.310 e. The lowest BCUT2D eigenvalue weighted by molar-refractivity contribution is -0.151. The number of carbonyl (C=O) groups is 3.